The van der Waals surface area contributed by atoms with Gasteiger partial charge in [-0.2, -0.15) is 0 Å². The van der Waals surface area contributed by atoms with Crippen LogP contribution in [0.2, 0.25) is 0 Å². The van der Waals surface area contributed by atoms with Crippen molar-refractivity contribution in [2.75, 3.05) is 19.9 Å². The van der Waals surface area contributed by atoms with Gasteiger partial charge in [-0.05, 0) is 71.6 Å². The predicted octanol–water partition coefficient (Wildman–Crippen LogP) is 3.72. The van der Waals surface area contributed by atoms with E-state index in [-0.39, 0.29) is 11.1 Å². The zero-order valence-corrected chi connectivity index (χ0v) is 14.4. The lowest BCUT2D eigenvalue weighted by Gasteiger charge is -2.54. The second-order valence-electron chi connectivity index (χ2n) is 7.73. The summed E-state index contributed by atoms with van der Waals surface area (Å²) in [5.74, 6) is 1.50. The fourth-order valence-electron chi connectivity index (χ4n) is 3.92. The van der Waals surface area contributed by atoms with Gasteiger partial charge in [0.1, 0.15) is 5.75 Å². The number of nitrogens with zero attached hydrogens (tertiary/aromatic N) is 1. The number of benzene rings is 1. The van der Waals surface area contributed by atoms with Crippen LogP contribution in [-0.4, -0.2) is 30.1 Å². The van der Waals surface area contributed by atoms with Crippen LogP contribution in [0.3, 0.4) is 0 Å². The van der Waals surface area contributed by atoms with Crippen LogP contribution < -0.4 is 10.5 Å². The van der Waals surface area contributed by atoms with Crippen LogP contribution in [0, 0.1) is 5.92 Å². The zero-order chi connectivity index (χ0) is 15.8. The molecule has 21 heavy (non-hydrogen) atoms. The molecule has 1 heterocycles. The summed E-state index contributed by atoms with van der Waals surface area (Å²) in [5.41, 5.74) is 8.74. The molecule has 2 N–H and O–H groups in total. The Morgan fingerprint density at radius 3 is 2.24 bits per heavy atom. The number of nitrogens with two attached hydrogens (primary N) is 1. The summed E-state index contributed by atoms with van der Waals surface area (Å²) in [7, 11) is 3.93. The van der Waals surface area contributed by atoms with E-state index < -0.39 is 0 Å². The molecule has 0 saturated carbocycles. The number of ether oxygens (including phenoxy) is 1. The second kappa shape index (κ2) is 5.53. The summed E-state index contributed by atoms with van der Waals surface area (Å²) >= 11 is 0. The van der Waals surface area contributed by atoms with Gasteiger partial charge >= 0.3 is 0 Å². The van der Waals surface area contributed by atoms with Crippen molar-refractivity contribution in [3.05, 3.63) is 23.8 Å². The fraction of sp³-hybridized carbons (Fsp3) is 0.667. The van der Waals surface area contributed by atoms with E-state index in [0.717, 1.165) is 17.9 Å². The number of anilines is 1. The zero-order valence-electron chi connectivity index (χ0n) is 14.4. The lowest BCUT2D eigenvalue weighted by molar-refractivity contribution is -0.0296. The first kappa shape index (κ1) is 16.2. The summed E-state index contributed by atoms with van der Waals surface area (Å²) in [6, 6.07) is 6.06. The summed E-state index contributed by atoms with van der Waals surface area (Å²) in [5, 5.41) is 0. The molecular formula is C18H30N2O. The number of piperidine rings is 1. The van der Waals surface area contributed by atoms with E-state index in [0.29, 0.717) is 5.92 Å². The molecule has 3 heteroatoms. The van der Waals surface area contributed by atoms with Gasteiger partial charge in [0.25, 0.3) is 0 Å². The predicted molar refractivity (Wildman–Crippen MR) is 89.8 cm³/mol. The van der Waals surface area contributed by atoms with E-state index >= 15 is 0 Å². The van der Waals surface area contributed by atoms with Crippen molar-refractivity contribution in [1.82, 2.24) is 4.90 Å². The highest BCUT2D eigenvalue weighted by Gasteiger charge is 2.42. The molecule has 1 saturated heterocycles. The molecule has 0 unspecified atom stereocenters. The van der Waals surface area contributed by atoms with Crippen molar-refractivity contribution in [3.63, 3.8) is 0 Å². The van der Waals surface area contributed by atoms with Crippen molar-refractivity contribution >= 4 is 5.69 Å². The molecule has 0 bridgehead atoms. The minimum atomic E-state index is 0.230. The Morgan fingerprint density at radius 2 is 1.76 bits per heavy atom. The number of rotatable bonds is 3. The third-order valence-electron chi connectivity index (χ3n) is 5.25. The van der Waals surface area contributed by atoms with Crippen LogP contribution in [-0.2, 0) is 6.42 Å². The normalized spacial score (nSPS) is 22.2. The second-order valence-corrected chi connectivity index (χ2v) is 7.73. The third kappa shape index (κ3) is 3.34. The van der Waals surface area contributed by atoms with Crippen LogP contribution in [0.1, 0.15) is 46.1 Å². The third-order valence-corrected chi connectivity index (χ3v) is 5.25. The molecule has 1 fully saturated rings. The molecular weight excluding hydrogens is 260 g/mol. The van der Waals surface area contributed by atoms with E-state index in [9.17, 15) is 0 Å². The van der Waals surface area contributed by atoms with Gasteiger partial charge in [-0.3, -0.25) is 4.90 Å². The summed E-state index contributed by atoms with van der Waals surface area (Å²) < 4.78 is 5.23. The van der Waals surface area contributed by atoms with Crippen molar-refractivity contribution in [2.45, 2.75) is 58.0 Å². The van der Waals surface area contributed by atoms with Gasteiger partial charge in [-0.25, -0.2) is 0 Å². The smallest absolute Gasteiger partial charge is 0.120 e. The Hall–Kier alpha value is -1.22. The highest BCUT2D eigenvalue weighted by Crippen LogP contribution is 2.41. The standard InChI is InChI=1S/C18H30N2O/c1-17(2)11-13(12-18(3,4)20(17)5)9-14-7-8-15(21-6)10-16(14)19/h7-8,10,13H,9,11-12,19H2,1-6H3. The fourth-order valence-corrected chi connectivity index (χ4v) is 3.92. The van der Waals surface area contributed by atoms with Crippen LogP contribution in [0.15, 0.2) is 18.2 Å². The molecule has 0 aliphatic carbocycles. The van der Waals surface area contributed by atoms with Crippen molar-refractivity contribution in [3.8, 4) is 5.75 Å². The lowest BCUT2D eigenvalue weighted by Crippen LogP contribution is -2.58. The van der Waals surface area contributed by atoms with Crippen molar-refractivity contribution in [1.29, 1.82) is 0 Å². The number of methoxy groups -OCH3 is 1. The molecule has 0 radical (unpaired) electrons. The maximum absolute atomic E-state index is 6.19. The Bertz CT molecular complexity index is 490. The van der Waals surface area contributed by atoms with E-state index in [1.54, 1.807) is 7.11 Å². The SMILES string of the molecule is COc1ccc(CC2CC(C)(C)N(C)C(C)(C)C2)c(N)c1. The maximum Gasteiger partial charge on any atom is 0.120 e. The number of likely N-dealkylation sites (tertiary alicyclic amines) is 1. The molecule has 1 aromatic carbocycles. The molecule has 0 spiro atoms. The van der Waals surface area contributed by atoms with Gasteiger partial charge < -0.3 is 10.5 Å². The van der Waals surface area contributed by atoms with Crippen LogP contribution in [0.25, 0.3) is 0 Å². The summed E-state index contributed by atoms with van der Waals surface area (Å²) in [4.78, 5) is 2.52. The monoisotopic (exact) mass is 290 g/mol. The largest absolute Gasteiger partial charge is 0.497 e. The van der Waals surface area contributed by atoms with E-state index in [2.05, 4.69) is 45.7 Å². The molecule has 0 atom stereocenters. The Kier molecular flexibility index (Phi) is 4.25. The highest BCUT2D eigenvalue weighted by molar-refractivity contribution is 5.51. The van der Waals surface area contributed by atoms with Crippen molar-refractivity contribution in [2.24, 2.45) is 5.92 Å². The first-order valence-corrected chi connectivity index (χ1v) is 7.82. The Labute approximate surface area is 129 Å². The average molecular weight is 290 g/mol. The summed E-state index contributed by atoms with van der Waals surface area (Å²) in [6.45, 7) is 9.38. The number of hydrogen-bond donors (Lipinski definition) is 1. The first-order valence-electron chi connectivity index (χ1n) is 7.82. The van der Waals surface area contributed by atoms with Crippen LogP contribution in [0.5, 0.6) is 5.75 Å². The minimum Gasteiger partial charge on any atom is -0.497 e. The molecule has 0 amide bonds. The Balaban J connectivity index is 2.17. The first-order chi connectivity index (χ1) is 9.65. The van der Waals surface area contributed by atoms with E-state index in [1.165, 1.54) is 18.4 Å². The van der Waals surface area contributed by atoms with E-state index in [1.807, 2.05) is 12.1 Å². The van der Waals surface area contributed by atoms with Gasteiger partial charge in [0.2, 0.25) is 0 Å². The van der Waals surface area contributed by atoms with Gasteiger partial charge in [-0.1, -0.05) is 6.07 Å². The summed E-state index contributed by atoms with van der Waals surface area (Å²) in [6.07, 6.45) is 3.47. The average Bonchev–Trinajstić information content (AvgIpc) is 2.37. The van der Waals surface area contributed by atoms with Gasteiger partial charge in [0, 0.05) is 22.8 Å². The van der Waals surface area contributed by atoms with E-state index in [4.69, 9.17) is 10.5 Å². The highest BCUT2D eigenvalue weighted by atomic mass is 16.5. The molecule has 118 valence electrons. The maximum atomic E-state index is 6.19. The van der Waals surface area contributed by atoms with Gasteiger partial charge in [0.15, 0.2) is 0 Å². The van der Waals surface area contributed by atoms with Gasteiger partial charge in [0.05, 0.1) is 7.11 Å². The molecule has 1 aliphatic rings. The van der Waals surface area contributed by atoms with Crippen LogP contribution >= 0.6 is 0 Å². The molecule has 0 aromatic heterocycles. The molecule has 1 aromatic rings. The molecule has 3 nitrogen and oxygen atoms in total. The van der Waals surface area contributed by atoms with Crippen LogP contribution in [0.4, 0.5) is 5.69 Å². The lowest BCUT2D eigenvalue weighted by atomic mass is 9.72. The molecule has 1 aliphatic heterocycles. The van der Waals surface area contributed by atoms with Gasteiger partial charge in [-0.15, -0.1) is 0 Å². The minimum absolute atomic E-state index is 0.230. The topological polar surface area (TPSA) is 38.5 Å². The molecule has 2 rings (SSSR count). The number of nitrogen functional groups attached to an aromatic ring is 1. The number of hydrogen-bond acceptors (Lipinski definition) is 3. The van der Waals surface area contributed by atoms with Crippen molar-refractivity contribution < 1.29 is 4.74 Å². The quantitative estimate of drug-likeness (QED) is 0.862. The Morgan fingerprint density at radius 1 is 1.19 bits per heavy atom.